The van der Waals surface area contributed by atoms with Crippen LogP contribution < -0.4 is 55.5 Å². The van der Waals surface area contributed by atoms with Gasteiger partial charge < -0.3 is 36.2 Å². The van der Waals surface area contributed by atoms with Crippen molar-refractivity contribution in [2.45, 2.75) is 50.6 Å². The first kappa shape index (κ1) is 75.0. The van der Waals surface area contributed by atoms with Crippen LogP contribution in [0.5, 0.6) is 0 Å². The first-order valence-corrected chi connectivity index (χ1v) is 21.8. The van der Waals surface area contributed by atoms with Crippen LogP contribution in [0.15, 0.2) is 9.41 Å². The predicted octanol–water partition coefficient (Wildman–Crippen LogP) is 2.43. The molecule has 2 aliphatic rings. The molecule has 2 aromatic heterocycles. The molecule has 0 bridgehead atoms. The minimum atomic E-state index is -5.01. The van der Waals surface area contributed by atoms with E-state index in [1.807, 2.05) is 0 Å². The Morgan fingerprint density at radius 1 is 0.821 bits per heavy atom. The van der Waals surface area contributed by atoms with Crippen molar-refractivity contribution in [1.82, 2.24) is 57.3 Å². The number of hydrazine groups is 3. The van der Waals surface area contributed by atoms with E-state index in [0.717, 1.165) is 17.1 Å². The Bertz CT molecular complexity index is 1740. The van der Waals surface area contributed by atoms with Gasteiger partial charge >= 0.3 is 47.6 Å². The summed E-state index contributed by atoms with van der Waals surface area (Å²) in [5.41, 5.74) is 16.0. The molecule has 394 valence electrons. The number of aromatic nitrogens is 5. The van der Waals surface area contributed by atoms with Crippen LogP contribution in [-0.4, -0.2) is 118 Å². The van der Waals surface area contributed by atoms with E-state index in [4.69, 9.17) is 45.0 Å². The lowest BCUT2D eigenvalue weighted by Crippen LogP contribution is -2.51. The van der Waals surface area contributed by atoms with Crippen LogP contribution in [0.2, 0.25) is 0 Å². The summed E-state index contributed by atoms with van der Waals surface area (Å²) in [4.78, 5) is 34.4. The number of halogens is 18. The fourth-order valence-corrected chi connectivity index (χ4v) is 2.95. The number of hydrogen-bond acceptors (Lipinski definition) is 19. The fraction of sp³-hybridized carbons (Fsp3) is 0.640. The summed E-state index contributed by atoms with van der Waals surface area (Å²) in [5.74, 6) is 0.172. The van der Waals surface area contributed by atoms with Gasteiger partial charge in [-0.05, 0) is 33.7 Å². The number of aliphatic imine (C=N–C) groups is 1. The summed E-state index contributed by atoms with van der Waals surface area (Å²) in [7, 11) is 1.00. The van der Waals surface area contributed by atoms with Gasteiger partial charge in [0.15, 0.2) is 0 Å². The van der Waals surface area contributed by atoms with Crippen LogP contribution in [0.25, 0.3) is 0 Å². The number of carbonyl (C=O) groups excluding carboxylic acids is 3. The molecule has 2 aromatic rings. The molecule has 4 heterocycles. The lowest BCUT2D eigenvalue weighted by atomic mass is 10.4. The molecular weight excluding hydrogens is 1110 g/mol. The Balaban J connectivity index is -0.000000167. The molecule has 0 aliphatic carbocycles. The molecule has 0 atom stereocenters. The number of nitrogens with one attached hydrogen (secondary N) is 6. The lowest BCUT2D eigenvalue weighted by Gasteiger charge is -2.16. The fourth-order valence-electron chi connectivity index (χ4n) is 2.77. The number of amidine groups is 1. The average molecular weight is 1150 g/mol. The Morgan fingerprint density at radius 3 is 1.63 bits per heavy atom. The number of nitriles is 1. The number of aliphatic hydroxyl groups is 1. The predicted molar refractivity (Wildman–Crippen MR) is 219 cm³/mol. The quantitative estimate of drug-likeness (QED) is 0.0691. The van der Waals surface area contributed by atoms with E-state index in [1.54, 1.807) is 6.07 Å². The average Bonchev–Trinajstić information content (AvgIpc) is 3.92. The third-order valence-electron chi connectivity index (χ3n) is 5.02. The molecule has 23 nitrogen and oxygen atoms in total. The Morgan fingerprint density at radius 2 is 1.28 bits per heavy atom. The molecule has 0 fully saturated rings. The third-order valence-corrected chi connectivity index (χ3v) is 5.49. The highest BCUT2D eigenvalue weighted by molar-refractivity contribution is 8.24. The highest BCUT2D eigenvalue weighted by Gasteiger charge is 2.41. The normalized spacial score (nSPS) is 12.4. The molecule has 0 spiro atoms. The van der Waals surface area contributed by atoms with E-state index in [-0.39, 0.29) is 36.6 Å². The van der Waals surface area contributed by atoms with Crippen molar-refractivity contribution in [3.05, 3.63) is 23.4 Å². The molecule has 67 heavy (non-hydrogen) atoms. The second-order valence-electron chi connectivity index (χ2n) is 9.81. The van der Waals surface area contributed by atoms with Crippen molar-refractivity contribution in [1.29, 1.82) is 5.26 Å². The second-order valence-corrected chi connectivity index (χ2v) is 17.0. The largest absolute Gasteiger partial charge is 0.472 e. The zero-order valence-corrected chi connectivity index (χ0v) is 39.3. The van der Waals surface area contributed by atoms with E-state index < -0.39 is 65.2 Å². The van der Waals surface area contributed by atoms with Crippen molar-refractivity contribution >= 4 is 98.1 Å². The van der Waals surface area contributed by atoms with Crippen molar-refractivity contribution in [2.24, 2.45) is 28.1 Å². The summed E-state index contributed by atoms with van der Waals surface area (Å²) in [6.45, 7) is 5.25. The van der Waals surface area contributed by atoms with E-state index in [1.165, 1.54) is 17.8 Å². The Labute approximate surface area is 401 Å². The number of hydrogen-bond donors (Lipinski definition) is 11. The molecule has 3 amide bonds. The van der Waals surface area contributed by atoms with Crippen LogP contribution in [0.4, 0.5) is 52.7 Å². The van der Waals surface area contributed by atoms with Crippen molar-refractivity contribution in [3.8, 4) is 6.07 Å². The topological polar surface area (TPSA) is 371 Å². The molecule has 0 radical (unpaired) electrons. The van der Waals surface area contributed by atoms with Gasteiger partial charge in [-0.1, -0.05) is 0 Å². The number of aliphatic hydroxyl groups excluding tert-OH is 1. The summed E-state index contributed by atoms with van der Waals surface area (Å²) in [6.07, 6.45) is -18.9. The molecule has 0 aromatic carbocycles. The first-order chi connectivity index (χ1) is 30.3. The number of nitrogens with two attached hydrogens (primary N) is 4. The van der Waals surface area contributed by atoms with Gasteiger partial charge in [-0.3, -0.25) is 57.3 Å². The van der Waals surface area contributed by atoms with Gasteiger partial charge in [0.05, 0.1) is 25.7 Å². The third kappa shape index (κ3) is 43.5. The molecule has 0 unspecified atom stereocenters. The monoisotopic (exact) mass is 1150 g/mol. The van der Waals surface area contributed by atoms with Crippen molar-refractivity contribution < 1.29 is 81.2 Å². The minimum Gasteiger partial charge on any atom is -0.416 e. The number of amides is 3. The van der Waals surface area contributed by atoms with Gasteiger partial charge in [0, 0.05) is 46.8 Å². The van der Waals surface area contributed by atoms with Crippen LogP contribution >= 0.6 is 74.5 Å². The second kappa shape index (κ2) is 40.4. The molecule has 15 N–H and O–H groups in total. The number of carbonyl (C=O) groups is 3. The van der Waals surface area contributed by atoms with E-state index in [2.05, 4.69) is 91.3 Å². The van der Waals surface area contributed by atoms with Crippen LogP contribution in [0.3, 0.4) is 0 Å². The highest BCUT2D eigenvalue weighted by atomic mass is 36.0. The smallest absolute Gasteiger partial charge is 0.416 e. The number of fused-ring (bicyclic) bond motifs is 1. The van der Waals surface area contributed by atoms with Crippen molar-refractivity contribution in [2.75, 3.05) is 52.3 Å². The number of nitrogens with zero attached hydrogens (tertiary/aromatic N) is 7. The maximum absolute atomic E-state index is 12.3. The van der Waals surface area contributed by atoms with Gasteiger partial charge in [0.1, 0.15) is 23.4 Å². The summed E-state index contributed by atoms with van der Waals surface area (Å²) in [5, 5.41) is 29.2. The van der Waals surface area contributed by atoms with Crippen LogP contribution in [-0.2, 0) is 50.3 Å². The maximum atomic E-state index is 12.3. The first-order valence-electron chi connectivity index (χ1n) is 16.3. The molecule has 42 heteroatoms. The zero-order chi connectivity index (χ0) is 53.0. The molecule has 2 aliphatic heterocycles. The number of alkyl halides is 14. The summed E-state index contributed by atoms with van der Waals surface area (Å²) in [6, 6.07) is 1.75. The Kier molecular flexibility index (Phi) is 45.2. The lowest BCUT2D eigenvalue weighted by molar-refractivity contribution is -0.175. The molecule has 4 rings (SSSR count). The molecular formula is C25H42Cl6F12N17O6P. The van der Waals surface area contributed by atoms with Crippen molar-refractivity contribution in [3.63, 3.8) is 0 Å². The zero-order valence-electron chi connectivity index (χ0n) is 33.8. The standard InChI is InChI=1S/C6H9F3N4O.C6H7F3N4.C4H4ClF3N2O2.C4H2ClF3N2O.C2H8N2.C2H3N.CH4O.Cl3OP.ClH.H4N2/c7-6(8,9)5(14)13-12-4-3-10-1-2-11-4;7-6(8,9)5-12-11-4-3-10-1-2-13(4)5;5-1-2(11)9-10-3(12)4(6,7)8;5-1-2-9-10-3(11-2)4(6,7)8;3-1-2-4;1-2-3;1-2;1-5(2,3)4;;1-2/h10H,1-3H2,(H,11,12)(H,13,14);10H,1-3H2;1H2,(H,9,11)(H,10,12);1H2;1-4H2;1H3;2H,1H3;;1H;1-2H2. The summed E-state index contributed by atoms with van der Waals surface area (Å²) < 4.78 is 156. The minimum absolute atomic E-state index is 0. The van der Waals surface area contributed by atoms with Gasteiger partial charge in [0.25, 0.3) is 5.91 Å². The van der Waals surface area contributed by atoms with E-state index in [9.17, 15) is 71.6 Å². The van der Waals surface area contributed by atoms with E-state index in [0.29, 0.717) is 51.6 Å². The number of rotatable bonds is 3. The van der Waals surface area contributed by atoms with Crippen LogP contribution in [0.1, 0.15) is 30.4 Å². The van der Waals surface area contributed by atoms with Gasteiger partial charge in [-0.25, -0.2) is 0 Å². The van der Waals surface area contributed by atoms with Gasteiger partial charge in [-0.15, -0.1) is 56.0 Å². The molecule has 0 saturated heterocycles. The van der Waals surface area contributed by atoms with Gasteiger partial charge in [0.2, 0.25) is 11.7 Å². The van der Waals surface area contributed by atoms with E-state index >= 15 is 0 Å². The SMILES string of the molecule is CC#N.CO.Cl.FC(F)(F)c1nnc(CCl)o1.FC(F)(F)c1nnc2n1CCNC2.NCCN.NN.O=C(CCl)NNC(=O)C(F)(F)F.O=C(NNC1=NCCNC1)C(F)(F)F.O=P(Cl)(Cl)Cl. The summed E-state index contributed by atoms with van der Waals surface area (Å²) >= 11 is 23.9. The molecule has 0 saturated carbocycles. The van der Waals surface area contributed by atoms with Gasteiger partial charge in [-0.2, -0.15) is 57.9 Å². The maximum Gasteiger partial charge on any atom is 0.472 e. The van der Waals surface area contributed by atoms with Crippen LogP contribution in [0, 0.1) is 11.3 Å². The Hall–Kier alpha value is -3.50. The highest BCUT2D eigenvalue weighted by Crippen LogP contribution is 2.61.